The maximum atomic E-state index is 12.1. The van der Waals surface area contributed by atoms with Crippen molar-refractivity contribution in [2.45, 2.75) is 24.8 Å². The molecule has 2 aromatic rings. The van der Waals surface area contributed by atoms with Crippen LogP contribution >= 0.6 is 0 Å². The average Bonchev–Trinajstić information content (AvgIpc) is 3.21. The fourth-order valence-corrected chi connectivity index (χ4v) is 2.35. The molecule has 1 N–H and O–H groups in total. The predicted octanol–water partition coefficient (Wildman–Crippen LogP) is 2.43. The molecular formula is C16H16N2O. The van der Waals surface area contributed by atoms with Gasteiger partial charge in [0.1, 0.15) is 0 Å². The fourth-order valence-electron chi connectivity index (χ4n) is 2.35. The quantitative estimate of drug-likeness (QED) is 0.908. The Labute approximate surface area is 112 Å². The van der Waals surface area contributed by atoms with E-state index in [2.05, 4.69) is 22.4 Å². The van der Waals surface area contributed by atoms with Gasteiger partial charge in [0.25, 0.3) is 0 Å². The molecule has 1 fully saturated rings. The van der Waals surface area contributed by atoms with Gasteiger partial charge in [0.2, 0.25) is 5.91 Å². The molecule has 19 heavy (non-hydrogen) atoms. The summed E-state index contributed by atoms with van der Waals surface area (Å²) in [7, 11) is 0. The standard InChI is InChI=1S/C16H16N2O/c19-15(12-14-8-4-5-11-17-14)18-16(9-10-16)13-6-2-1-3-7-13/h1-8,11H,9-10,12H2,(H,18,19). The SMILES string of the molecule is O=C(Cc1ccccn1)NC1(c2ccccc2)CC1. The van der Waals surface area contributed by atoms with Crippen LogP contribution in [0.5, 0.6) is 0 Å². The molecule has 0 bridgehead atoms. The summed E-state index contributed by atoms with van der Waals surface area (Å²) in [4.78, 5) is 16.3. The van der Waals surface area contributed by atoms with Gasteiger partial charge in [-0.2, -0.15) is 0 Å². The zero-order valence-corrected chi connectivity index (χ0v) is 10.7. The molecule has 1 aliphatic rings. The molecule has 0 radical (unpaired) electrons. The first-order chi connectivity index (χ1) is 9.28. The minimum Gasteiger partial charge on any atom is -0.346 e. The molecule has 1 aliphatic carbocycles. The van der Waals surface area contributed by atoms with Gasteiger partial charge < -0.3 is 5.32 Å². The fraction of sp³-hybridized carbons (Fsp3) is 0.250. The van der Waals surface area contributed by atoms with Crippen molar-refractivity contribution in [2.24, 2.45) is 0 Å². The van der Waals surface area contributed by atoms with E-state index < -0.39 is 0 Å². The van der Waals surface area contributed by atoms with E-state index in [1.54, 1.807) is 6.20 Å². The molecule has 0 spiro atoms. The van der Waals surface area contributed by atoms with E-state index in [4.69, 9.17) is 0 Å². The minimum atomic E-state index is -0.132. The van der Waals surface area contributed by atoms with Crippen molar-refractivity contribution in [3.05, 3.63) is 66.0 Å². The largest absolute Gasteiger partial charge is 0.346 e. The highest BCUT2D eigenvalue weighted by molar-refractivity contribution is 5.79. The molecule has 3 rings (SSSR count). The number of rotatable bonds is 4. The number of aromatic nitrogens is 1. The first-order valence-corrected chi connectivity index (χ1v) is 6.55. The van der Waals surface area contributed by atoms with E-state index >= 15 is 0 Å². The van der Waals surface area contributed by atoms with Gasteiger partial charge in [0.05, 0.1) is 12.0 Å². The maximum absolute atomic E-state index is 12.1. The molecule has 1 amide bonds. The molecule has 1 heterocycles. The molecule has 0 atom stereocenters. The monoisotopic (exact) mass is 252 g/mol. The van der Waals surface area contributed by atoms with Crippen LogP contribution in [0.2, 0.25) is 0 Å². The van der Waals surface area contributed by atoms with Gasteiger partial charge in [0.15, 0.2) is 0 Å². The lowest BCUT2D eigenvalue weighted by atomic mass is 10.0. The van der Waals surface area contributed by atoms with Crippen LogP contribution in [0, 0.1) is 0 Å². The molecule has 0 saturated heterocycles. The summed E-state index contributed by atoms with van der Waals surface area (Å²) in [6, 6.07) is 15.8. The number of nitrogens with zero attached hydrogens (tertiary/aromatic N) is 1. The molecular weight excluding hydrogens is 236 g/mol. The van der Waals surface area contributed by atoms with Crippen molar-refractivity contribution in [2.75, 3.05) is 0 Å². The summed E-state index contributed by atoms with van der Waals surface area (Å²) in [5, 5.41) is 3.15. The molecule has 1 aromatic carbocycles. The Balaban J connectivity index is 1.67. The molecule has 0 aliphatic heterocycles. The van der Waals surface area contributed by atoms with Gasteiger partial charge >= 0.3 is 0 Å². The lowest BCUT2D eigenvalue weighted by Gasteiger charge is -2.17. The summed E-state index contributed by atoms with van der Waals surface area (Å²) < 4.78 is 0. The van der Waals surface area contributed by atoms with Gasteiger partial charge in [-0.1, -0.05) is 36.4 Å². The molecule has 3 heteroatoms. The summed E-state index contributed by atoms with van der Waals surface area (Å²) in [5.74, 6) is 0.0417. The Kier molecular flexibility index (Phi) is 3.03. The molecule has 3 nitrogen and oxygen atoms in total. The zero-order valence-electron chi connectivity index (χ0n) is 10.7. The van der Waals surface area contributed by atoms with Crippen LogP contribution in [0.4, 0.5) is 0 Å². The number of hydrogen-bond donors (Lipinski definition) is 1. The van der Waals surface area contributed by atoms with E-state index in [-0.39, 0.29) is 11.4 Å². The van der Waals surface area contributed by atoms with Gasteiger partial charge in [-0.3, -0.25) is 9.78 Å². The number of hydrogen-bond acceptors (Lipinski definition) is 2. The number of carbonyl (C=O) groups excluding carboxylic acids is 1. The second-order valence-electron chi connectivity index (χ2n) is 4.99. The van der Waals surface area contributed by atoms with Crippen LogP contribution < -0.4 is 5.32 Å². The van der Waals surface area contributed by atoms with Gasteiger partial charge in [0, 0.05) is 11.9 Å². The van der Waals surface area contributed by atoms with Crippen molar-refractivity contribution in [1.82, 2.24) is 10.3 Å². The number of benzene rings is 1. The van der Waals surface area contributed by atoms with Crippen molar-refractivity contribution in [1.29, 1.82) is 0 Å². The van der Waals surface area contributed by atoms with E-state index in [9.17, 15) is 4.79 Å². The predicted molar refractivity (Wildman–Crippen MR) is 73.4 cm³/mol. The van der Waals surface area contributed by atoms with E-state index in [1.807, 2.05) is 36.4 Å². The lowest BCUT2D eigenvalue weighted by Crippen LogP contribution is -2.36. The zero-order chi connectivity index (χ0) is 13.1. The highest BCUT2D eigenvalue weighted by atomic mass is 16.1. The lowest BCUT2D eigenvalue weighted by molar-refractivity contribution is -0.121. The average molecular weight is 252 g/mol. The van der Waals surface area contributed by atoms with Gasteiger partial charge in [-0.25, -0.2) is 0 Å². The van der Waals surface area contributed by atoms with Crippen LogP contribution in [0.25, 0.3) is 0 Å². The Morgan fingerprint density at radius 2 is 1.84 bits per heavy atom. The van der Waals surface area contributed by atoms with Crippen molar-refractivity contribution in [3.8, 4) is 0 Å². The van der Waals surface area contributed by atoms with Crippen LogP contribution in [0.15, 0.2) is 54.7 Å². The first-order valence-electron chi connectivity index (χ1n) is 6.55. The maximum Gasteiger partial charge on any atom is 0.226 e. The van der Waals surface area contributed by atoms with Crippen molar-refractivity contribution in [3.63, 3.8) is 0 Å². The molecule has 0 unspecified atom stereocenters. The van der Waals surface area contributed by atoms with Crippen molar-refractivity contribution < 1.29 is 4.79 Å². The summed E-state index contributed by atoms with van der Waals surface area (Å²) in [5.41, 5.74) is 1.88. The van der Waals surface area contributed by atoms with Crippen LogP contribution in [-0.4, -0.2) is 10.9 Å². The number of nitrogens with one attached hydrogen (secondary N) is 1. The minimum absolute atomic E-state index is 0.0417. The summed E-state index contributed by atoms with van der Waals surface area (Å²) in [6.07, 6.45) is 4.10. The highest BCUT2D eigenvalue weighted by Crippen LogP contribution is 2.45. The molecule has 1 aromatic heterocycles. The van der Waals surface area contributed by atoms with Gasteiger partial charge in [-0.05, 0) is 30.5 Å². The van der Waals surface area contributed by atoms with Crippen molar-refractivity contribution >= 4 is 5.91 Å². The third-order valence-corrected chi connectivity index (χ3v) is 3.52. The van der Waals surface area contributed by atoms with Crippen LogP contribution in [0.1, 0.15) is 24.1 Å². The topological polar surface area (TPSA) is 42.0 Å². The summed E-state index contributed by atoms with van der Waals surface area (Å²) >= 11 is 0. The Morgan fingerprint density at radius 3 is 2.47 bits per heavy atom. The second-order valence-corrected chi connectivity index (χ2v) is 4.99. The third-order valence-electron chi connectivity index (χ3n) is 3.52. The second kappa shape index (κ2) is 4.84. The molecule has 1 saturated carbocycles. The van der Waals surface area contributed by atoms with E-state index in [0.717, 1.165) is 18.5 Å². The third kappa shape index (κ3) is 2.65. The smallest absolute Gasteiger partial charge is 0.226 e. The van der Waals surface area contributed by atoms with Crippen LogP contribution in [0.3, 0.4) is 0 Å². The highest BCUT2D eigenvalue weighted by Gasteiger charge is 2.45. The Morgan fingerprint density at radius 1 is 1.11 bits per heavy atom. The normalized spacial score (nSPS) is 15.8. The Hall–Kier alpha value is -2.16. The molecule has 96 valence electrons. The first kappa shape index (κ1) is 11.9. The van der Waals surface area contributed by atoms with E-state index in [1.165, 1.54) is 5.56 Å². The number of amides is 1. The van der Waals surface area contributed by atoms with Crippen LogP contribution in [-0.2, 0) is 16.8 Å². The van der Waals surface area contributed by atoms with E-state index in [0.29, 0.717) is 6.42 Å². The number of pyridine rings is 1. The Bertz CT molecular complexity index is 562. The number of carbonyl (C=O) groups is 1. The summed E-state index contributed by atoms with van der Waals surface area (Å²) in [6.45, 7) is 0. The van der Waals surface area contributed by atoms with Gasteiger partial charge in [-0.15, -0.1) is 0 Å².